The van der Waals surface area contributed by atoms with Gasteiger partial charge in [-0.1, -0.05) is 0 Å². The first-order valence-corrected chi connectivity index (χ1v) is 7.68. The van der Waals surface area contributed by atoms with Gasteiger partial charge in [0.2, 0.25) is 17.7 Å². The monoisotopic (exact) mass is 370 g/mol. The molecule has 26 heavy (non-hydrogen) atoms. The molecule has 0 aromatic carbocycles. The van der Waals surface area contributed by atoms with Gasteiger partial charge >= 0.3 is 5.97 Å². The van der Waals surface area contributed by atoms with E-state index >= 15 is 0 Å². The first-order valence-electron chi connectivity index (χ1n) is 7.68. The maximum absolute atomic E-state index is 11.8. The van der Waals surface area contributed by atoms with Crippen molar-refractivity contribution in [3.63, 3.8) is 0 Å². The summed E-state index contributed by atoms with van der Waals surface area (Å²) in [6, 6.07) is -3.35. The number of aromatic nitrogens is 2. The molecule has 144 valence electrons. The van der Waals surface area contributed by atoms with Gasteiger partial charge in [0.25, 0.3) is 0 Å². The lowest BCUT2D eigenvalue weighted by molar-refractivity contribution is -0.141. The number of hydrogen-bond acceptors (Lipinski definition) is 7. The summed E-state index contributed by atoms with van der Waals surface area (Å²) in [6.45, 7) is 0.320. The highest BCUT2D eigenvalue weighted by molar-refractivity contribution is 5.92. The lowest BCUT2D eigenvalue weighted by Gasteiger charge is -2.17. The summed E-state index contributed by atoms with van der Waals surface area (Å²) in [5.41, 5.74) is 5.83. The molecule has 12 heteroatoms. The Hall–Kier alpha value is -2.99. The number of carboxylic acid groups (broad SMARTS) is 1. The minimum Gasteiger partial charge on any atom is -0.480 e. The molecule has 3 unspecified atom stereocenters. The maximum atomic E-state index is 11.8. The van der Waals surface area contributed by atoms with Gasteiger partial charge in [0.15, 0.2) is 0 Å². The van der Waals surface area contributed by atoms with Crippen LogP contribution in [-0.4, -0.2) is 75.1 Å². The number of aliphatic carboxylic acids is 1. The number of carbonyl (C=O) groups is 4. The summed E-state index contributed by atoms with van der Waals surface area (Å²) in [6.07, 6.45) is 2.82. The molecule has 1 heterocycles. The predicted molar refractivity (Wildman–Crippen MR) is 87.5 cm³/mol. The average molecular weight is 370 g/mol. The zero-order chi connectivity index (χ0) is 19.7. The van der Waals surface area contributed by atoms with Crippen molar-refractivity contribution in [3.05, 3.63) is 18.2 Å². The van der Waals surface area contributed by atoms with Gasteiger partial charge in [0.1, 0.15) is 18.1 Å². The third-order valence-corrected chi connectivity index (χ3v) is 3.32. The van der Waals surface area contributed by atoms with Crippen LogP contribution in [0.5, 0.6) is 0 Å². The Bertz CT molecular complexity index is 634. The molecule has 1 rings (SSSR count). The molecule has 1 aromatic heterocycles. The van der Waals surface area contributed by atoms with Gasteiger partial charge in [-0.3, -0.25) is 14.4 Å². The van der Waals surface area contributed by atoms with Crippen molar-refractivity contribution in [1.82, 2.24) is 25.9 Å². The van der Waals surface area contributed by atoms with E-state index in [1.54, 1.807) is 0 Å². The van der Waals surface area contributed by atoms with E-state index in [1.165, 1.54) is 19.4 Å². The topological polar surface area (TPSA) is 200 Å². The van der Waals surface area contributed by atoms with Gasteiger partial charge in [-0.25, -0.2) is 9.78 Å². The number of nitrogens with zero attached hydrogens (tertiary/aromatic N) is 1. The van der Waals surface area contributed by atoms with Gasteiger partial charge in [0.05, 0.1) is 19.5 Å². The van der Waals surface area contributed by atoms with Crippen molar-refractivity contribution >= 4 is 23.7 Å². The SMILES string of the molecule is CC(NC(=O)C(N)CO)C(=O)NCC(=O)NC(Cc1cnc[nH]1)C(=O)O. The van der Waals surface area contributed by atoms with Crippen molar-refractivity contribution in [2.45, 2.75) is 31.5 Å². The Morgan fingerprint density at radius 2 is 1.96 bits per heavy atom. The number of rotatable bonds is 10. The minimum absolute atomic E-state index is 0.000524. The Balaban J connectivity index is 2.44. The minimum atomic E-state index is -1.24. The third kappa shape index (κ3) is 6.86. The van der Waals surface area contributed by atoms with Crippen molar-refractivity contribution < 1.29 is 29.4 Å². The molecule has 0 saturated heterocycles. The van der Waals surface area contributed by atoms with Crippen LogP contribution in [0.1, 0.15) is 12.6 Å². The average Bonchev–Trinajstić information content (AvgIpc) is 3.11. The Kier molecular flexibility index (Phi) is 8.18. The van der Waals surface area contributed by atoms with Crippen LogP contribution in [0.25, 0.3) is 0 Å². The Morgan fingerprint density at radius 3 is 2.50 bits per heavy atom. The number of nitrogens with one attached hydrogen (secondary N) is 4. The quantitative estimate of drug-likeness (QED) is 0.219. The summed E-state index contributed by atoms with van der Waals surface area (Å²) >= 11 is 0. The first kappa shape index (κ1) is 21.1. The number of H-pyrrole nitrogens is 1. The van der Waals surface area contributed by atoms with Gasteiger partial charge in [-0.2, -0.15) is 0 Å². The largest absolute Gasteiger partial charge is 0.480 e. The van der Waals surface area contributed by atoms with Crippen LogP contribution < -0.4 is 21.7 Å². The highest BCUT2D eigenvalue weighted by Crippen LogP contribution is 1.98. The van der Waals surface area contributed by atoms with E-state index < -0.39 is 55.0 Å². The number of carboxylic acids is 1. The van der Waals surface area contributed by atoms with E-state index in [0.717, 1.165) is 0 Å². The molecule has 3 atom stereocenters. The van der Waals surface area contributed by atoms with Crippen LogP contribution in [0.2, 0.25) is 0 Å². The molecule has 8 N–H and O–H groups in total. The molecule has 0 radical (unpaired) electrons. The van der Waals surface area contributed by atoms with Gasteiger partial charge in [-0.05, 0) is 6.92 Å². The molecule has 1 aromatic rings. The van der Waals surface area contributed by atoms with Crippen LogP contribution in [0.3, 0.4) is 0 Å². The molecule has 0 spiro atoms. The molecule has 12 nitrogen and oxygen atoms in total. The summed E-state index contributed by atoms with van der Waals surface area (Å²) in [4.78, 5) is 52.8. The number of imidazole rings is 1. The summed E-state index contributed by atoms with van der Waals surface area (Å²) in [7, 11) is 0. The van der Waals surface area contributed by atoms with Crippen molar-refractivity contribution in [3.8, 4) is 0 Å². The zero-order valence-corrected chi connectivity index (χ0v) is 14.1. The van der Waals surface area contributed by atoms with Gasteiger partial charge in [-0.15, -0.1) is 0 Å². The highest BCUT2D eigenvalue weighted by atomic mass is 16.4. The number of aliphatic hydroxyl groups excluding tert-OH is 1. The second-order valence-corrected chi connectivity index (χ2v) is 5.48. The Morgan fingerprint density at radius 1 is 1.27 bits per heavy atom. The fourth-order valence-electron chi connectivity index (χ4n) is 1.85. The van der Waals surface area contributed by atoms with Crippen molar-refractivity contribution in [1.29, 1.82) is 0 Å². The standard InChI is InChI=1S/C14H22N6O6/c1-7(19-13(24)9(15)5-21)12(23)17-4-11(22)20-10(14(25)26)2-8-3-16-6-18-8/h3,6-7,9-10,21H,2,4-5,15H2,1H3,(H,16,18)(H,17,23)(H,19,24)(H,20,22)(H,25,26). The highest BCUT2D eigenvalue weighted by Gasteiger charge is 2.23. The number of carbonyl (C=O) groups excluding carboxylic acids is 3. The molecule has 0 aliphatic heterocycles. The molecule has 0 bridgehead atoms. The summed E-state index contributed by atoms with van der Waals surface area (Å²) in [5.74, 6) is -3.34. The fraction of sp³-hybridized carbons (Fsp3) is 0.500. The van der Waals surface area contributed by atoms with E-state index in [9.17, 15) is 19.2 Å². The van der Waals surface area contributed by atoms with Crippen molar-refractivity contribution in [2.75, 3.05) is 13.2 Å². The van der Waals surface area contributed by atoms with Crippen LogP contribution in [0, 0.1) is 0 Å². The fourth-order valence-corrected chi connectivity index (χ4v) is 1.85. The van der Waals surface area contributed by atoms with Crippen LogP contribution in [0.15, 0.2) is 12.5 Å². The predicted octanol–water partition coefficient (Wildman–Crippen LogP) is -3.54. The molecule has 0 fully saturated rings. The number of amides is 3. The molecule has 0 aliphatic rings. The molecule has 0 saturated carbocycles. The van der Waals surface area contributed by atoms with Gasteiger partial charge in [0, 0.05) is 18.3 Å². The maximum Gasteiger partial charge on any atom is 0.326 e. The lowest BCUT2D eigenvalue weighted by Crippen LogP contribution is -2.53. The van der Waals surface area contributed by atoms with Crippen LogP contribution >= 0.6 is 0 Å². The van der Waals surface area contributed by atoms with E-state index in [4.69, 9.17) is 15.9 Å². The third-order valence-electron chi connectivity index (χ3n) is 3.32. The number of aliphatic hydroxyl groups is 1. The van der Waals surface area contributed by atoms with Crippen LogP contribution in [-0.2, 0) is 25.6 Å². The second kappa shape index (κ2) is 10.1. The molecular formula is C14H22N6O6. The van der Waals surface area contributed by atoms with Crippen LogP contribution in [0.4, 0.5) is 0 Å². The first-order chi connectivity index (χ1) is 12.2. The van der Waals surface area contributed by atoms with Gasteiger partial charge < -0.3 is 36.9 Å². The molecule has 0 aliphatic carbocycles. The normalized spacial score (nSPS) is 14.0. The number of hydrogen-bond donors (Lipinski definition) is 7. The Labute approximate surface area is 148 Å². The number of nitrogens with two attached hydrogens (primary N) is 1. The smallest absolute Gasteiger partial charge is 0.326 e. The summed E-state index contributed by atoms with van der Waals surface area (Å²) < 4.78 is 0. The summed E-state index contributed by atoms with van der Waals surface area (Å²) in [5, 5.41) is 24.7. The lowest BCUT2D eigenvalue weighted by atomic mass is 10.1. The zero-order valence-electron chi connectivity index (χ0n) is 14.1. The van der Waals surface area contributed by atoms with E-state index in [0.29, 0.717) is 5.69 Å². The van der Waals surface area contributed by atoms with E-state index in [-0.39, 0.29) is 6.42 Å². The van der Waals surface area contributed by atoms with E-state index in [2.05, 4.69) is 25.9 Å². The molecular weight excluding hydrogens is 348 g/mol. The molecule has 3 amide bonds. The second-order valence-electron chi connectivity index (χ2n) is 5.48. The number of aromatic amines is 1. The van der Waals surface area contributed by atoms with E-state index in [1.807, 2.05) is 0 Å². The van der Waals surface area contributed by atoms with Crippen molar-refractivity contribution in [2.24, 2.45) is 5.73 Å².